The van der Waals surface area contributed by atoms with Gasteiger partial charge in [-0.1, -0.05) is 43.3 Å². The van der Waals surface area contributed by atoms with Gasteiger partial charge in [-0.3, -0.25) is 4.79 Å². The molecule has 6 nitrogen and oxygen atoms in total. The van der Waals surface area contributed by atoms with Crippen LogP contribution >= 0.6 is 0 Å². The second kappa shape index (κ2) is 10.8. The predicted octanol–water partition coefficient (Wildman–Crippen LogP) is 4.51. The zero-order valence-electron chi connectivity index (χ0n) is 19.5. The van der Waals surface area contributed by atoms with Crippen molar-refractivity contribution in [2.24, 2.45) is 0 Å². The number of sulfonamides is 1. The molecule has 4 rings (SSSR count). The molecule has 1 amide bonds. The molecule has 1 aliphatic heterocycles. The number of hydrogen-bond donors (Lipinski definition) is 2. The normalized spacial score (nSPS) is 13.4. The van der Waals surface area contributed by atoms with Crippen LogP contribution in [0.15, 0.2) is 77.7 Å². The summed E-state index contributed by atoms with van der Waals surface area (Å²) in [5.74, 6) is -0.0765. The molecule has 2 N–H and O–H groups in total. The SMILES string of the molecule is CCCC(=O)Nc1ccc(S(=O)(=O)NCCc2ccc(N3CCc4ccccc4C3)cc2)cc1. The third kappa shape index (κ3) is 6.04. The van der Waals surface area contributed by atoms with Crippen LogP contribution in [0, 0.1) is 0 Å². The van der Waals surface area contributed by atoms with E-state index in [9.17, 15) is 13.2 Å². The van der Waals surface area contributed by atoms with E-state index >= 15 is 0 Å². The zero-order chi connectivity index (χ0) is 24.0. The molecule has 0 aliphatic carbocycles. The van der Waals surface area contributed by atoms with Crippen molar-refractivity contribution in [2.45, 2.75) is 44.0 Å². The van der Waals surface area contributed by atoms with Crippen LogP contribution in [-0.2, 0) is 34.2 Å². The average molecular weight is 478 g/mol. The van der Waals surface area contributed by atoms with Crippen molar-refractivity contribution in [1.29, 1.82) is 0 Å². The van der Waals surface area contributed by atoms with Gasteiger partial charge in [0.05, 0.1) is 4.90 Å². The number of anilines is 2. The first kappa shape index (κ1) is 24.0. The molecule has 0 radical (unpaired) electrons. The smallest absolute Gasteiger partial charge is 0.240 e. The lowest BCUT2D eigenvalue weighted by Crippen LogP contribution is -2.30. The van der Waals surface area contributed by atoms with Gasteiger partial charge in [0.1, 0.15) is 0 Å². The molecule has 0 bridgehead atoms. The van der Waals surface area contributed by atoms with Crippen molar-refractivity contribution in [3.63, 3.8) is 0 Å². The molecule has 0 saturated carbocycles. The van der Waals surface area contributed by atoms with Gasteiger partial charge < -0.3 is 10.2 Å². The molecule has 7 heteroatoms. The highest BCUT2D eigenvalue weighted by molar-refractivity contribution is 7.89. The highest BCUT2D eigenvalue weighted by Gasteiger charge is 2.16. The van der Waals surface area contributed by atoms with Crippen LogP contribution in [0.1, 0.15) is 36.5 Å². The van der Waals surface area contributed by atoms with E-state index in [0.29, 0.717) is 25.1 Å². The standard InChI is InChI=1S/C27H31N3O3S/c1-2-5-27(31)29-24-10-14-26(15-11-24)34(32,33)28-18-16-21-8-12-25(13-9-21)30-19-17-22-6-3-4-7-23(22)20-30/h3-4,6-15,28H,2,5,16-20H2,1H3,(H,29,31). The number of nitrogens with one attached hydrogen (secondary N) is 2. The summed E-state index contributed by atoms with van der Waals surface area (Å²) in [5.41, 5.74) is 5.67. The maximum Gasteiger partial charge on any atom is 0.240 e. The number of benzene rings is 3. The average Bonchev–Trinajstić information content (AvgIpc) is 2.84. The van der Waals surface area contributed by atoms with Crippen molar-refractivity contribution < 1.29 is 13.2 Å². The monoisotopic (exact) mass is 477 g/mol. The fourth-order valence-corrected chi connectivity index (χ4v) is 5.20. The van der Waals surface area contributed by atoms with E-state index < -0.39 is 10.0 Å². The maximum atomic E-state index is 12.6. The molecule has 0 atom stereocenters. The first-order valence-corrected chi connectivity index (χ1v) is 13.2. The Balaban J connectivity index is 1.29. The second-order valence-corrected chi connectivity index (χ2v) is 10.3. The van der Waals surface area contributed by atoms with Gasteiger partial charge in [0.2, 0.25) is 15.9 Å². The predicted molar refractivity (Wildman–Crippen MR) is 137 cm³/mol. The Morgan fingerprint density at radius 2 is 1.65 bits per heavy atom. The fraction of sp³-hybridized carbons (Fsp3) is 0.296. The van der Waals surface area contributed by atoms with E-state index in [1.807, 2.05) is 6.92 Å². The molecule has 1 aliphatic rings. The minimum atomic E-state index is -3.61. The molecule has 3 aromatic rings. The molecule has 0 fully saturated rings. The van der Waals surface area contributed by atoms with Gasteiger partial charge in [-0.05, 0) is 72.4 Å². The van der Waals surface area contributed by atoms with E-state index in [1.165, 1.54) is 28.9 Å². The van der Waals surface area contributed by atoms with Gasteiger partial charge in [0.25, 0.3) is 0 Å². The van der Waals surface area contributed by atoms with Crippen LogP contribution in [0.25, 0.3) is 0 Å². The van der Waals surface area contributed by atoms with Gasteiger partial charge >= 0.3 is 0 Å². The van der Waals surface area contributed by atoms with Crippen LogP contribution < -0.4 is 14.9 Å². The molecule has 3 aromatic carbocycles. The van der Waals surface area contributed by atoms with E-state index in [2.05, 4.69) is 63.5 Å². The van der Waals surface area contributed by atoms with Gasteiger partial charge in [-0.25, -0.2) is 13.1 Å². The van der Waals surface area contributed by atoms with Crippen LogP contribution in [-0.4, -0.2) is 27.4 Å². The first-order chi connectivity index (χ1) is 16.4. The Hall–Kier alpha value is -3.16. The van der Waals surface area contributed by atoms with Gasteiger partial charge in [0.15, 0.2) is 0 Å². The highest BCUT2D eigenvalue weighted by Crippen LogP contribution is 2.24. The topological polar surface area (TPSA) is 78.5 Å². The van der Waals surface area contributed by atoms with Crippen molar-refractivity contribution in [1.82, 2.24) is 4.72 Å². The largest absolute Gasteiger partial charge is 0.367 e. The Labute approximate surface area is 202 Å². The number of fused-ring (bicyclic) bond motifs is 1. The minimum absolute atomic E-state index is 0.0765. The summed E-state index contributed by atoms with van der Waals surface area (Å²) in [6, 6.07) is 23.2. The van der Waals surface area contributed by atoms with E-state index in [4.69, 9.17) is 0 Å². The van der Waals surface area contributed by atoms with Crippen molar-refractivity contribution in [3.05, 3.63) is 89.5 Å². The van der Waals surface area contributed by atoms with Crippen LogP contribution in [0.4, 0.5) is 11.4 Å². The Bertz CT molecular complexity index is 1220. The van der Waals surface area contributed by atoms with Gasteiger partial charge in [-0.15, -0.1) is 0 Å². The fourth-order valence-electron chi connectivity index (χ4n) is 4.17. The quantitative estimate of drug-likeness (QED) is 0.475. The summed E-state index contributed by atoms with van der Waals surface area (Å²) in [6.45, 7) is 4.16. The Morgan fingerprint density at radius 3 is 2.35 bits per heavy atom. The van der Waals surface area contributed by atoms with Gasteiger partial charge in [0, 0.05) is 37.4 Å². The number of carbonyl (C=O) groups excluding carboxylic acids is 1. The Kier molecular flexibility index (Phi) is 7.65. The van der Waals surface area contributed by atoms with E-state index in [0.717, 1.165) is 31.5 Å². The molecule has 0 saturated heterocycles. The lowest BCUT2D eigenvalue weighted by molar-refractivity contribution is -0.116. The van der Waals surface area contributed by atoms with Crippen LogP contribution in [0.2, 0.25) is 0 Å². The summed E-state index contributed by atoms with van der Waals surface area (Å²) in [4.78, 5) is 14.2. The third-order valence-corrected chi connectivity index (χ3v) is 7.54. The summed E-state index contributed by atoms with van der Waals surface area (Å²) >= 11 is 0. The lowest BCUT2D eigenvalue weighted by Gasteiger charge is -2.30. The summed E-state index contributed by atoms with van der Waals surface area (Å²) in [7, 11) is -3.61. The van der Waals surface area contributed by atoms with Crippen molar-refractivity contribution >= 4 is 27.3 Å². The molecule has 34 heavy (non-hydrogen) atoms. The third-order valence-electron chi connectivity index (χ3n) is 6.06. The van der Waals surface area contributed by atoms with Crippen molar-refractivity contribution in [2.75, 3.05) is 23.3 Å². The summed E-state index contributed by atoms with van der Waals surface area (Å²) in [6.07, 6.45) is 2.85. The number of amides is 1. The van der Waals surface area contributed by atoms with Crippen LogP contribution in [0.3, 0.4) is 0 Å². The van der Waals surface area contributed by atoms with E-state index in [1.54, 1.807) is 12.1 Å². The zero-order valence-corrected chi connectivity index (χ0v) is 20.3. The highest BCUT2D eigenvalue weighted by atomic mass is 32.2. The van der Waals surface area contributed by atoms with Crippen molar-refractivity contribution in [3.8, 4) is 0 Å². The number of carbonyl (C=O) groups is 1. The number of hydrogen-bond acceptors (Lipinski definition) is 4. The molecule has 0 aromatic heterocycles. The summed E-state index contributed by atoms with van der Waals surface area (Å²) < 4.78 is 27.9. The first-order valence-electron chi connectivity index (χ1n) is 11.7. The molecule has 0 unspecified atom stereocenters. The Morgan fingerprint density at radius 1 is 0.941 bits per heavy atom. The molecule has 1 heterocycles. The van der Waals surface area contributed by atoms with Gasteiger partial charge in [-0.2, -0.15) is 0 Å². The molecule has 178 valence electrons. The lowest BCUT2D eigenvalue weighted by atomic mass is 9.99. The second-order valence-electron chi connectivity index (χ2n) is 8.58. The minimum Gasteiger partial charge on any atom is -0.367 e. The maximum absolute atomic E-state index is 12.6. The van der Waals surface area contributed by atoms with Crippen LogP contribution in [0.5, 0.6) is 0 Å². The summed E-state index contributed by atoms with van der Waals surface area (Å²) in [5, 5.41) is 2.76. The molecular weight excluding hydrogens is 446 g/mol. The molecule has 0 spiro atoms. The molecular formula is C27H31N3O3S. The number of rotatable bonds is 9. The number of nitrogens with zero attached hydrogens (tertiary/aromatic N) is 1. The van der Waals surface area contributed by atoms with E-state index in [-0.39, 0.29) is 10.8 Å².